The molecule has 2 aromatic heterocycles. The molecule has 28 heavy (non-hydrogen) atoms. The van der Waals surface area contributed by atoms with Crippen LogP contribution in [0.3, 0.4) is 0 Å². The number of carbonyl (C=O) groups excluding carboxylic acids is 2. The van der Waals surface area contributed by atoms with E-state index in [1.807, 2.05) is 13.0 Å². The van der Waals surface area contributed by atoms with E-state index in [-0.39, 0.29) is 17.7 Å². The number of rotatable bonds is 6. The Kier molecular flexibility index (Phi) is 6.00. The van der Waals surface area contributed by atoms with E-state index in [9.17, 15) is 9.59 Å². The van der Waals surface area contributed by atoms with Crippen LogP contribution in [0.1, 0.15) is 94.8 Å². The molecular weight excluding hydrogens is 370 g/mol. The highest BCUT2D eigenvalue weighted by molar-refractivity contribution is 7.10. The molecule has 2 aliphatic carbocycles. The Morgan fingerprint density at radius 2 is 2.07 bits per heavy atom. The summed E-state index contributed by atoms with van der Waals surface area (Å²) in [6.07, 6.45) is 9.67. The number of Topliss-reactive ketones (excluding diaryl/α,β-unsaturated/α-hetero) is 1. The second kappa shape index (κ2) is 8.64. The minimum absolute atomic E-state index is 0.171. The van der Waals surface area contributed by atoms with Crippen LogP contribution in [0, 0.1) is 5.92 Å². The molecule has 0 amide bonds. The zero-order valence-electron chi connectivity index (χ0n) is 16.6. The van der Waals surface area contributed by atoms with Gasteiger partial charge in [0, 0.05) is 28.5 Å². The summed E-state index contributed by atoms with van der Waals surface area (Å²) in [5, 5.41) is 2.06. The maximum absolute atomic E-state index is 13.1. The Hall–Kier alpha value is -1.88. The van der Waals surface area contributed by atoms with Gasteiger partial charge < -0.3 is 9.72 Å². The van der Waals surface area contributed by atoms with E-state index < -0.39 is 0 Å². The van der Waals surface area contributed by atoms with Gasteiger partial charge in [-0.15, -0.1) is 11.3 Å². The highest BCUT2D eigenvalue weighted by Gasteiger charge is 2.34. The summed E-state index contributed by atoms with van der Waals surface area (Å²) in [7, 11) is 0. The lowest BCUT2D eigenvalue weighted by molar-refractivity contribution is 0.0518. The monoisotopic (exact) mass is 399 g/mol. The number of carbonyl (C=O) groups is 2. The SMILES string of the molecule is CCOC(=O)c1[nH]c2c(c1CCC1CCCCC1)C(=O)CC(c1cccs1)C2. The van der Waals surface area contributed by atoms with Gasteiger partial charge in [-0.25, -0.2) is 4.79 Å². The van der Waals surface area contributed by atoms with Crippen molar-refractivity contribution in [1.29, 1.82) is 0 Å². The topological polar surface area (TPSA) is 59.2 Å². The number of thiophene rings is 1. The molecule has 1 saturated carbocycles. The summed E-state index contributed by atoms with van der Waals surface area (Å²) >= 11 is 1.70. The molecule has 2 heterocycles. The van der Waals surface area contributed by atoms with E-state index in [0.717, 1.165) is 36.1 Å². The average molecular weight is 400 g/mol. The number of esters is 1. The van der Waals surface area contributed by atoms with Crippen molar-refractivity contribution in [3.05, 3.63) is 44.9 Å². The third kappa shape index (κ3) is 3.95. The number of fused-ring (bicyclic) bond motifs is 1. The van der Waals surface area contributed by atoms with Gasteiger partial charge in [0.2, 0.25) is 0 Å². The Morgan fingerprint density at radius 1 is 1.25 bits per heavy atom. The molecule has 2 aromatic rings. The van der Waals surface area contributed by atoms with Gasteiger partial charge >= 0.3 is 5.97 Å². The van der Waals surface area contributed by atoms with Crippen molar-refractivity contribution >= 4 is 23.1 Å². The molecule has 0 saturated heterocycles. The first-order valence-electron chi connectivity index (χ1n) is 10.6. The Bertz CT molecular complexity index is 830. The number of ketones is 1. The zero-order valence-corrected chi connectivity index (χ0v) is 17.4. The van der Waals surface area contributed by atoms with Crippen LogP contribution in [0.2, 0.25) is 0 Å². The zero-order chi connectivity index (χ0) is 19.5. The van der Waals surface area contributed by atoms with Crippen molar-refractivity contribution in [2.24, 2.45) is 5.92 Å². The molecule has 4 rings (SSSR count). The number of hydrogen-bond donors (Lipinski definition) is 1. The van der Waals surface area contributed by atoms with E-state index in [2.05, 4.69) is 16.4 Å². The van der Waals surface area contributed by atoms with Crippen LogP contribution in [0.15, 0.2) is 17.5 Å². The van der Waals surface area contributed by atoms with Crippen LogP contribution in [0.25, 0.3) is 0 Å². The molecule has 0 bridgehead atoms. The predicted molar refractivity (Wildman–Crippen MR) is 111 cm³/mol. The fraction of sp³-hybridized carbons (Fsp3) is 0.565. The van der Waals surface area contributed by atoms with Gasteiger partial charge in [0.1, 0.15) is 5.69 Å². The lowest BCUT2D eigenvalue weighted by Gasteiger charge is -2.23. The van der Waals surface area contributed by atoms with Crippen LogP contribution in [0.5, 0.6) is 0 Å². The first-order chi connectivity index (χ1) is 13.7. The van der Waals surface area contributed by atoms with Gasteiger partial charge in [-0.1, -0.05) is 38.2 Å². The molecule has 0 aromatic carbocycles. The lowest BCUT2D eigenvalue weighted by atomic mass is 9.81. The number of H-pyrrole nitrogens is 1. The van der Waals surface area contributed by atoms with Crippen LogP contribution < -0.4 is 0 Å². The highest BCUT2D eigenvalue weighted by Crippen LogP contribution is 2.38. The standard InChI is InChI=1S/C23H29NO3S/c1-2-27-23(26)22-17(11-10-15-7-4-3-5-8-15)21-18(24-22)13-16(14-19(21)25)20-9-6-12-28-20/h6,9,12,15-16,24H,2-5,7-8,10-11,13-14H2,1H3. The molecule has 0 aliphatic heterocycles. The van der Waals surface area contributed by atoms with Crippen LogP contribution in [-0.2, 0) is 17.6 Å². The molecule has 1 N–H and O–H groups in total. The minimum atomic E-state index is -0.323. The van der Waals surface area contributed by atoms with Crippen molar-refractivity contribution < 1.29 is 14.3 Å². The quantitative estimate of drug-likeness (QED) is 0.636. The van der Waals surface area contributed by atoms with E-state index in [1.165, 1.54) is 37.0 Å². The summed E-state index contributed by atoms with van der Waals surface area (Å²) in [4.78, 5) is 30.2. The second-order valence-corrected chi connectivity index (χ2v) is 9.12. The maximum Gasteiger partial charge on any atom is 0.355 e. The molecule has 0 spiro atoms. The van der Waals surface area contributed by atoms with Gasteiger partial charge in [0.05, 0.1) is 6.61 Å². The smallest absolute Gasteiger partial charge is 0.355 e. The molecular formula is C23H29NO3S. The van der Waals surface area contributed by atoms with Crippen LogP contribution >= 0.6 is 11.3 Å². The van der Waals surface area contributed by atoms with Crippen LogP contribution in [0.4, 0.5) is 0 Å². The van der Waals surface area contributed by atoms with Gasteiger partial charge in [-0.2, -0.15) is 0 Å². The largest absolute Gasteiger partial charge is 0.461 e. The fourth-order valence-corrected chi connectivity index (χ4v) is 5.74. The molecule has 1 fully saturated rings. The normalized spacial score (nSPS) is 20.2. The Morgan fingerprint density at radius 3 is 2.79 bits per heavy atom. The lowest BCUT2D eigenvalue weighted by Crippen LogP contribution is -2.19. The summed E-state index contributed by atoms with van der Waals surface area (Å²) in [6, 6.07) is 4.14. The fourth-order valence-electron chi connectivity index (χ4n) is 4.91. The number of hydrogen-bond acceptors (Lipinski definition) is 4. The van der Waals surface area contributed by atoms with E-state index in [0.29, 0.717) is 24.6 Å². The number of nitrogens with one attached hydrogen (secondary N) is 1. The number of aromatic nitrogens is 1. The molecule has 1 unspecified atom stereocenters. The molecule has 0 radical (unpaired) electrons. The predicted octanol–water partition coefficient (Wildman–Crippen LogP) is 5.68. The first kappa shape index (κ1) is 19.4. The first-order valence-corrected chi connectivity index (χ1v) is 11.5. The molecule has 5 heteroatoms. The third-order valence-corrected chi connectivity index (χ3v) is 7.33. The summed E-state index contributed by atoms with van der Waals surface area (Å²) < 4.78 is 5.29. The second-order valence-electron chi connectivity index (χ2n) is 8.14. The number of aromatic amines is 1. The van der Waals surface area contributed by atoms with Crippen molar-refractivity contribution in [2.45, 2.75) is 70.6 Å². The molecule has 1 atom stereocenters. The van der Waals surface area contributed by atoms with Crippen molar-refractivity contribution in [1.82, 2.24) is 4.98 Å². The van der Waals surface area contributed by atoms with E-state index >= 15 is 0 Å². The molecule has 2 aliphatic rings. The van der Waals surface area contributed by atoms with Crippen molar-refractivity contribution in [2.75, 3.05) is 6.61 Å². The van der Waals surface area contributed by atoms with Crippen molar-refractivity contribution in [3.63, 3.8) is 0 Å². The van der Waals surface area contributed by atoms with Gasteiger partial charge in [0.15, 0.2) is 5.78 Å². The third-order valence-electron chi connectivity index (χ3n) is 6.29. The van der Waals surface area contributed by atoms with Crippen molar-refractivity contribution in [3.8, 4) is 0 Å². The average Bonchev–Trinajstić information content (AvgIpc) is 3.35. The molecule has 4 nitrogen and oxygen atoms in total. The van der Waals surface area contributed by atoms with Gasteiger partial charge in [-0.3, -0.25) is 4.79 Å². The summed E-state index contributed by atoms with van der Waals surface area (Å²) in [6.45, 7) is 2.16. The Labute approximate surface area is 170 Å². The highest BCUT2D eigenvalue weighted by atomic mass is 32.1. The Balaban J connectivity index is 1.62. The van der Waals surface area contributed by atoms with E-state index in [4.69, 9.17) is 4.74 Å². The summed E-state index contributed by atoms with van der Waals surface area (Å²) in [5.74, 6) is 0.771. The van der Waals surface area contributed by atoms with Gasteiger partial charge in [-0.05, 0) is 49.1 Å². The van der Waals surface area contributed by atoms with E-state index in [1.54, 1.807) is 11.3 Å². The molecule has 150 valence electrons. The van der Waals surface area contributed by atoms with Gasteiger partial charge in [0.25, 0.3) is 0 Å². The summed E-state index contributed by atoms with van der Waals surface area (Å²) in [5.41, 5.74) is 3.14. The minimum Gasteiger partial charge on any atom is -0.461 e. The van der Waals surface area contributed by atoms with Crippen LogP contribution in [-0.4, -0.2) is 23.3 Å². The maximum atomic E-state index is 13.1. The number of ether oxygens (including phenoxy) is 1.